The number of aromatic hydroxyl groups is 1. The van der Waals surface area contributed by atoms with E-state index in [9.17, 15) is 15.0 Å². The molecular formula is C21H15Br2NO3. The number of halogens is 2. The van der Waals surface area contributed by atoms with Gasteiger partial charge in [0.1, 0.15) is 5.75 Å². The lowest BCUT2D eigenvalue weighted by atomic mass is 9.83. The van der Waals surface area contributed by atoms with Crippen molar-refractivity contribution in [3.8, 4) is 5.75 Å². The summed E-state index contributed by atoms with van der Waals surface area (Å²) in [7, 11) is 0. The molecule has 0 aliphatic rings. The third kappa shape index (κ3) is 3.82. The second-order valence-electron chi connectivity index (χ2n) is 5.83. The van der Waals surface area contributed by atoms with Gasteiger partial charge in [-0.2, -0.15) is 0 Å². The fourth-order valence-electron chi connectivity index (χ4n) is 2.83. The van der Waals surface area contributed by atoms with Gasteiger partial charge < -0.3 is 10.2 Å². The summed E-state index contributed by atoms with van der Waals surface area (Å²) in [4.78, 5) is 16.9. The van der Waals surface area contributed by atoms with E-state index in [0.717, 1.165) is 4.47 Å². The monoisotopic (exact) mass is 487 g/mol. The van der Waals surface area contributed by atoms with Gasteiger partial charge in [0.2, 0.25) is 5.54 Å². The number of carboxylic acids is 1. The van der Waals surface area contributed by atoms with E-state index >= 15 is 0 Å². The van der Waals surface area contributed by atoms with Crippen LogP contribution >= 0.6 is 31.9 Å². The van der Waals surface area contributed by atoms with Gasteiger partial charge in [0.05, 0.1) is 4.47 Å². The first-order valence-electron chi connectivity index (χ1n) is 8.03. The van der Waals surface area contributed by atoms with Crippen LogP contribution in [0.4, 0.5) is 0 Å². The number of phenols is 1. The number of aliphatic carboxylic acids is 1. The maximum absolute atomic E-state index is 12.5. The summed E-state index contributed by atoms with van der Waals surface area (Å²) in [6.45, 7) is 0. The molecule has 0 radical (unpaired) electrons. The summed E-state index contributed by atoms with van der Waals surface area (Å²) in [6.07, 6.45) is 1.39. The number of aliphatic imine (C=N–C) groups is 1. The van der Waals surface area contributed by atoms with Crippen molar-refractivity contribution in [3.63, 3.8) is 0 Å². The molecule has 0 fully saturated rings. The van der Waals surface area contributed by atoms with E-state index in [1.54, 1.807) is 60.7 Å². The van der Waals surface area contributed by atoms with Crippen LogP contribution in [0.15, 0.2) is 86.7 Å². The number of phenolic OH excluding ortho intramolecular Hbond substituents is 1. The van der Waals surface area contributed by atoms with Crippen LogP contribution in [0, 0.1) is 0 Å². The van der Waals surface area contributed by atoms with Crippen LogP contribution < -0.4 is 0 Å². The highest BCUT2D eigenvalue weighted by atomic mass is 79.9. The van der Waals surface area contributed by atoms with E-state index in [-0.39, 0.29) is 5.75 Å². The molecule has 0 unspecified atom stereocenters. The fraction of sp³-hybridized carbons (Fsp3) is 0.0476. The van der Waals surface area contributed by atoms with Crippen molar-refractivity contribution >= 4 is 44.0 Å². The summed E-state index contributed by atoms with van der Waals surface area (Å²) >= 11 is 6.65. The van der Waals surface area contributed by atoms with Gasteiger partial charge in [-0.05, 0) is 39.2 Å². The second kappa shape index (κ2) is 8.06. The Labute approximate surface area is 173 Å². The topological polar surface area (TPSA) is 69.9 Å². The number of hydrogen-bond acceptors (Lipinski definition) is 3. The van der Waals surface area contributed by atoms with Gasteiger partial charge in [-0.1, -0.05) is 76.6 Å². The van der Waals surface area contributed by atoms with Crippen LogP contribution in [0.3, 0.4) is 0 Å². The van der Waals surface area contributed by atoms with Crippen molar-refractivity contribution in [2.45, 2.75) is 5.54 Å². The summed E-state index contributed by atoms with van der Waals surface area (Å²) in [5.74, 6) is -1.12. The first kappa shape index (κ1) is 19.3. The molecule has 3 aromatic carbocycles. The Morgan fingerprint density at radius 1 is 0.926 bits per heavy atom. The molecule has 0 aromatic heterocycles. The van der Waals surface area contributed by atoms with E-state index in [2.05, 4.69) is 36.9 Å². The first-order chi connectivity index (χ1) is 12.9. The molecule has 0 aliphatic carbocycles. The Morgan fingerprint density at radius 3 is 1.93 bits per heavy atom. The Balaban J connectivity index is 2.24. The van der Waals surface area contributed by atoms with Crippen LogP contribution in [0.5, 0.6) is 5.75 Å². The molecular weight excluding hydrogens is 474 g/mol. The number of benzene rings is 3. The van der Waals surface area contributed by atoms with Gasteiger partial charge in [0, 0.05) is 16.3 Å². The molecule has 0 amide bonds. The molecule has 136 valence electrons. The van der Waals surface area contributed by atoms with Crippen LogP contribution in [0.2, 0.25) is 0 Å². The van der Waals surface area contributed by atoms with Crippen LogP contribution in [-0.4, -0.2) is 22.4 Å². The number of carbonyl (C=O) groups is 1. The highest BCUT2D eigenvalue weighted by Gasteiger charge is 2.41. The minimum Gasteiger partial charge on any atom is -0.506 e. The first-order valence-corrected chi connectivity index (χ1v) is 9.61. The minimum absolute atomic E-state index is 0.0117. The van der Waals surface area contributed by atoms with Crippen molar-refractivity contribution in [1.29, 1.82) is 0 Å². The molecule has 0 saturated heterocycles. The second-order valence-corrected chi connectivity index (χ2v) is 7.60. The quantitative estimate of drug-likeness (QED) is 0.474. The lowest BCUT2D eigenvalue weighted by Crippen LogP contribution is -2.35. The smallest absolute Gasteiger partial charge is 0.340 e. The molecule has 0 saturated carbocycles. The standard InChI is InChI=1S/C21H15Br2NO3/c22-17-11-14(19(25)18(23)12-17)13-24-21(20(26)27,15-7-3-1-4-8-15)16-9-5-2-6-10-16/h1-13,25H,(H,26,27)/b24-13+. The zero-order valence-electron chi connectivity index (χ0n) is 14.0. The predicted molar refractivity (Wildman–Crippen MR) is 112 cm³/mol. The van der Waals surface area contributed by atoms with E-state index in [1.807, 2.05) is 12.1 Å². The zero-order chi connectivity index (χ0) is 19.4. The fourth-order valence-corrected chi connectivity index (χ4v) is 4.09. The maximum atomic E-state index is 12.5. The average molecular weight is 489 g/mol. The SMILES string of the molecule is O=C(O)C(/N=C/c1cc(Br)cc(Br)c1O)(c1ccccc1)c1ccccc1. The third-order valence-corrected chi connectivity index (χ3v) is 5.21. The highest BCUT2D eigenvalue weighted by Crippen LogP contribution is 2.36. The number of nitrogens with zero attached hydrogens (tertiary/aromatic N) is 1. The maximum Gasteiger partial charge on any atom is 0.340 e. The van der Waals surface area contributed by atoms with E-state index in [0.29, 0.717) is 21.2 Å². The van der Waals surface area contributed by atoms with Gasteiger partial charge >= 0.3 is 5.97 Å². The molecule has 3 rings (SSSR count). The van der Waals surface area contributed by atoms with E-state index in [1.165, 1.54) is 6.21 Å². The van der Waals surface area contributed by atoms with E-state index in [4.69, 9.17) is 0 Å². The summed E-state index contributed by atoms with van der Waals surface area (Å²) in [6, 6.07) is 21.0. The Kier molecular flexibility index (Phi) is 5.77. The van der Waals surface area contributed by atoms with Gasteiger partial charge in [-0.25, -0.2) is 4.79 Å². The van der Waals surface area contributed by atoms with Crippen molar-refractivity contribution in [3.05, 3.63) is 98.4 Å². The molecule has 0 heterocycles. The summed E-state index contributed by atoms with van der Waals surface area (Å²) < 4.78 is 1.22. The lowest BCUT2D eigenvalue weighted by molar-refractivity contribution is -0.141. The van der Waals surface area contributed by atoms with Crippen LogP contribution in [0.25, 0.3) is 0 Å². The molecule has 27 heavy (non-hydrogen) atoms. The summed E-state index contributed by atoms with van der Waals surface area (Å²) in [5.41, 5.74) is -0.195. The van der Waals surface area contributed by atoms with Crippen LogP contribution in [-0.2, 0) is 10.3 Å². The average Bonchev–Trinajstić information content (AvgIpc) is 2.67. The van der Waals surface area contributed by atoms with Gasteiger partial charge in [-0.15, -0.1) is 0 Å². The molecule has 6 heteroatoms. The minimum atomic E-state index is -1.64. The summed E-state index contributed by atoms with van der Waals surface area (Å²) in [5, 5.41) is 20.5. The van der Waals surface area contributed by atoms with E-state index < -0.39 is 11.5 Å². The highest BCUT2D eigenvalue weighted by molar-refractivity contribution is 9.11. The Hall–Kier alpha value is -2.44. The van der Waals surface area contributed by atoms with Crippen LogP contribution in [0.1, 0.15) is 16.7 Å². The molecule has 3 aromatic rings. The van der Waals surface area contributed by atoms with Crippen molar-refractivity contribution in [1.82, 2.24) is 0 Å². The Bertz CT molecular complexity index is 950. The van der Waals surface area contributed by atoms with Gasteiger partial charge in [0.25, 0.3) is 0 Å². The molecule has 2 N–H and O–H groups in total. The van der Waals surface area contributed by atoms with Gasteiger partial charge in [-0.3, -0.25) is 4.99 Å². The van der Waals surface area contributed by atoms with Crippen molar-refractivity contribution < 1.29 is 15.0 Å². The Morgan fingerprint density at radius 2 is 1.44 bits per heavy atom. The number of hydrogen-bond donors (Lipinski definition) is 2. The van der Waals surface area contributed by atoms with Crippen molar-refractivity contribution in [2.24, 2.45) is 4.99 Å². The predicted octanol–water partition coefficient (Wildman–Crippen LogP) is 5.36. The number of rotatable bonds is 5. The van der Waals surface area contributed by atoms with Crippen molar-refractivity contribution in [2.75, 3.05) is 0 Å². The third-order valence-electron chi connectivity index (χ3n) is 4.15. The molecule has 0 bridgehead atoms. The zero-order valence-corrected chi connectivity index (χ0v) is 17.2. The molecule has 0 spiro atoms. The number of carboxylic acid groups (broad SMARTS) is 1. The van der Waals surface area contributed by atoms with Gasteiger partial charge in [0.15, 0.2) is 0 Å². The lowest BCUT2D eigenvalue weighted by Gasteiger charge is -2.26. The normalized spacial score (nSPS) is 11.6. The largest absolute Gasteiger partial charge is 0.506 e. The molecule has 0 aliphatic heterocycles. The molecule has 0 atom stereocenters. The molecule has 4 nitrogen and oxygen atoms in total.